The van der Waals surface area contributed by atoms with Crippen LogP contribution < -0.4 is 5.73 Å². The molecule has 0 aromatic heterocycles. The predicted octanol–water partition coefficient (Wildman–Crippen LogP) is 3.50. The maximum atomic E-state index is 13.8. The molecule has 0 heterocycles. The van der Waals surface area contributed by atoms with Gasteiger partial charge in [-0.3, -0.25) is 4.79 Å². The molecule has 0 aliphatic heterocycles. The highest BCUT2D eigenvalue weighted by molar-refractivity contribution is 5.78. The monoisotopic (exact) mass is 294 g/mol. The van der Waals surface area contributed by atoms with E-state index in [-0.39, 0.29) is 29.7 Å². The Hall–Kier alpha value is -1.42. The first-order valence-corrected chi connectivity index (χ1v) is 7.61. The number of hydrogen-bond donors (Lipinski definition) is 1. The Labute approximate surface area is 127 Å². The molecule has 1 rings (SSSR count). The van der Waals surface area contributed by atoms with E-state index < -0.39 is 0 Å². The minimum absolute atomic E-state index is 0.0513. The Morgan fingerprint density at radius 2 is 1.86 bits per heavy atom. The molecule has 0 bridgehead atoms. The lowest BCUT2D eigenvalue weighted by Gasteiger charge is -2.28. The first-order valence-electron chi connectivity index (χ1n) is 7.61. The van der Waals surface area contributed by atoms with Crippen LogP contribution in [0.25, 0.3) is 0 Å². The van der Waals surface area contributed by atoms with E-state index in [4.69, 9.17) is 5.73 Å². The van der Waals surface area contributed by atoms with Crippen molar-refractivity contribution in [2.75, 3.05) is 7.05 Å². The van der Waals surface area contributed by atoms with Crippen LogP contribution in [0, 0.1) is 11.7 Å². The lowest BCUT2D eigenvalue weighted by molar-refractivity contribution is -0.135. The van der Waals surface area contributed by atoms with Crippen molar-refractivity contribution in [3.63, 3.8) is 0 Å². The molecule has 21 heavy (non-hydrogen) atoms. The van der Waals surface area contributed by atoms with Crippen molar-refractivity contribution in [1.29, 1.82) is 0 Å². The molecule has 0 saturated carbocycles. The minimum Gasteiger partial charge on any atom is -0.339 e. The quantitative estimate of drug-likeness (QED) is 0.836. The number of benzene rings is 1. The molecule has 0 saturated heterocycles. The zero-order valence-electron chi connectivity index (χ0n) is 13.5. The summed E-state index contributed by atoms with van der Waals surface area (Å²) in [5.74, 6) is -0.285. The number of nitrogens with two attached hydrogens (primary N) is 1. The lowest BCUT2D eigenvalue weighted by atomic mass is 9.99. The van der Waals surface area contributed by atoms with Gasteiger partial charge < -0.3 is 10.6 Å². The van der Waals surface area contributed by atoms with Gasteiger partial charge in [0.05, 0.1) is 6.04 Å². The van der Waals surface area contributed by atoms with E-state index in [1.54, 1.807) is 30.1 Å². The van der Waals surface area contributed by atoms with Crippen LogP contribution in [-0.2, 0) is 4.79 Å². The number of nitrogens with zero attached hydrogens (tertiary/aromatic N) is 1. The minimum atomic E-state index is -0.269. The van der Waals surface area contributed by atoms with Gasteiger partial charge in [-0.05, 0) is 32.8 Å². The normalized spacial score (nSPS) is 15.3. The summed E-state index contributed by atoms with van der Waals surface area (Å²) in [6, 6.07) is 6.50. The highest BCUT2D eigenvalue weighted by atomic mass is 19.1. The standard InChI is InChI=1S/C17H27FN2O/c1-12(8-7-9-13(2)19)17(21)20(4)14(3)15-10-5-6-11-16(15)18/h5-6,10-14H,7-9,19H2,1-4H3. The van der Waals surface area contributed by atoms with Crippen LogP contribution in [0.2, 0.25) is 0 Å². The maximum Gasteiger partial charge on any atom is 0.225 e. The summed E-state index contributed by atoms with van der Waals surface area (Å²) < 4.78 is 13.8. The summed E-state index contributed by atoms with van der Waals surface area (Å²) in [7, 11) is 1.74. The van der Waals surface area contributed by atoms with Crippen molar-refractivity contribution < 1.29 is 9.18 Å². The molecule has 2 N–H and O–H groups in total. The second-order valence-corrected chi connectivity index (χ2v) is 5.96. The molecule has 3 unspecified atom stereocenters. The van der Waals surface area contributed by atoms with E-state index in [1.807, 2.05) is 20.8 Å². The van der Waals surface area contributed by atoms with Gasteiger partial charge in [-0.1, -0.05) is 31.5 Å². The number of carbonyl (C=O) groups is 1. The summed E-state index contributed by atoms with van der Waals surface area (Å²) in [5, 5.41) is 0. The van der Waals surface area contributed by atoms with E-state index in [0.29, 0.717) is 5.56 Å². The number of carbonyl (C=O) groups excluding carboxylic acids is 1. The summed E-state index contributed by atoms with van der Waals surface area (Å²) in [5.41, 5.74) is 6.27. The SMILES string of the molecule is CC(N)CCCC(C)C(=O)N(C)C(C)c1ccccc1F. The first-order chi connectivity index (χ1) is 9.84. The van der Waals surface area contributed by atoms with Crippen LogP contribution in [0.15, 0.2) is 24.3 Å². The fourth-order valence-corrected chi connectivity index (χ4v) is 2.43. The average Bonchev–Trinajstić information content (AvgIpc) is 2.45. The lowest BCUT2D eigenvalue weighted by Crippen LogP contribution is -2.34. The van der Waals surface area contributed by atoms with Gasteiger partial charge in [0, 0.05) is 24.6 Å². The van der Waals surface area contributed by atoms with Gasteiger partial charge in [0.15, 0.2) is 0 Å². The largest absolute Gasteiger partial charge is 0.339 e. The van der Waals surface area contributed by atoms with Crippen LogP contribution >= 0.6 is 0 Å². The molecule has 3 atom stereocenters. The van der Waals surface area contributed by atoms with Crippen LogP contribution in [0.4, 0.5) is 4.39 Å². The zero-order valence-corrected chi connectivity index (χ0v) is 13.5. The summed E-state index contributed by atoms with van der Waals surface area (Å²) in [4.78, 5) is 14.1. The second-order valence-electron chi connectivity index (χ2n) is 5.96. The van der Waals surface area contributed by atoms with Gasteiger partial charge in [0.25, 0.3) is 0 Å². The third-order valence-corrected chi connectivity index (χ3v) is 4.00. The zero-order chi connectivity index (χ0) is 16.0. The number of amides is 1. The molecule has 0 aliphatic carbocycles. The molecule has 0 fully saturated rings. The summed E-state index contributed by atoms with van der Waals surface area (Å²) in [6.45, 7) is 5.75. The topological polar surface area (TPSA) is 46.3 Å². The van der Waals surface area contributed by atoms with Crippen molar-refractivity contribution in [3.05, 3.63) is 35.6 Å². The molecule has 1 aromatic carbocycles. The Morgan fingerprint density at radius 1 is 1.24 bits per heavy atom. The van der Waals surface area contributed by atoms with E-state index in [0.717, 1.165) is 19.3 Å². The fraction of sp³-hybridized carbons (Fsp3) is 0.588. The summed E-state index contributed by atoms with van der Waals surface area (Å²) >= 11 is 0. The van der Waals surface area contributed by atoms with Crippen molar-refractivity contribution in [2.24, 2.45) is 11.7 Å². The first kappa shape index (κ1) is 17.6. The molecule has 0 spiro atoms. The van der Waals surface area contributed by atoms with E-state index in [9.17, 15) is 9.18 Å². The Balaban J connectivity index is 2.63. The Kier molecular flexibility index (Phi) is 6.82. The molecular formula is C17H27FN2O. The van der Waals surface area contributed by atoms with E-state index in [1.165, 1.54) is 6.07 Å². The van der Waals surface area contributed by atoms with Crippen molar-refractivity contribution in [2.45, 2.75) is 52.1 Å². The number of rotatable bonds is 7. The van der Waals surface area contributed by atoms with E-state index >= 15 is 0 Å². The van der Waals surface area contributed by atoms with Gasteiger partial charge in [-0.25, -0.2) is 4.39 Å². The third kappa shape index (κ3) is 5.12. The van der Waals surface area contributed by atoms with Crippen molar-refractivity contribution in [1.82, 2.24) is 4.90 Å². The fourth-order valence-electron chi connectivity index (χ4n) is 2.43. The molecule has 0 radical (unpaired) electrons. The average molecular weight is 294 g/mol. The third-order valence-electron chi connectivity index (χ3n) is 4.00. The maximum absolute atomic E-state index is 13.8. The summed E-state index contributed by atoms with van der Waals surface area (Å²) in [6.07, 6.45) is 2.67. The van der Waals surface area contributed by atoms with Gasteiger partial charge >= 0.3 is 0 Å². The Morgan fingerprint density at radius 3 is 2.43 bits per heavy atom. The van der Waals surface area contributed by atoms with Gasteiger partial charge in [-0.2, -0.15) is 0 Å². The highest BCUT2D eigenvalue weighted by Gasteiger charge is 2.23. The molecular weight excluding hydrogens is 267 g/mol. The van der Waals surface area contributed by atoms with Gasteiger partial charge in [0.1, 0.15) is 5.82 Å². The molecule has 4 heteroatoms. The van der Waals surface area contributed by atoms with Gasteiger partial charge in [0.2, 0.25) is 5.91 Å². The van der Waals surface area contributed by atoms with Crippen molar-refractivity contribution >= 4 is 5.91 Å². The van der Waals surface area contributed by atoms with E-state index in [2.05, 4.69) is 0 Å². The van der Waals surface area contributed by atoms with Crippen LogP contribution in [-0.4, -0.2) is 23.9 Å². The molecule has 118 valence electrons. The predicted molar refractivity (Wildman–Crippen MR) is 84.2 cm³/mol. The number of halogens is 1. The number of hydrogen-bond acceptors (Lipinski definition) is 2. The van der Waals surface area contributed by atoms with Crippen LogP contribution in [0.1, 0.15) is 51.6 Å². The Bertz CT molecular complexity index is 462. The van der Waals surface area contributed by atoms with Crippen molar-refractivity contribution in [3.8, 4) is 0 Å². The van der Waals surface area contributed by atoms with Crippen LogP contribution in [0.5, 0.6) is 0 Å². The highest BCUT2D eigenvalue weighted by Crippen LogP contribution is 2.24. The van der Waals surface area contributed by atoms with Crippen LogP contribution in [0.3, 0.4) is 0 Å². The molecule has 3 nitrogen and oxygen atoms in total. The molecule has 0 aliphatic rings. The van der Waals surface area contributed by atoms with Gasteiger partial charge in [-0.15, -0.1) is 0 Å². The molecule has 1 aromatic rings. The smallest absolute Gasteiger partial charge is 0.225 e. The second kappa shape index (κ2) is 8.13. The molecule has 1 amide bonds.